The zero-order valence-corrected chi connectivity index (χ0v) is 24.6. The molecule has 2 aromatic carbocycles. The van der Waals surface area contributed by atoms with Crippen molar-refractivity contribution in [1.29, 1.82) is 0 Å². The van der Waals surface area contributed by atoms with Gasteiger partial charge in [-0.2, -0.15) is 0 Å². The minimum absolute atomic E-state index is 0.0107. The lowest BCUT2D eigenvalue weighted by Gasteiger charge is -2.14. The Hall–Kier alpha value is -3.82. The molecular formula is C25H26N8O4S3. The monoisotopic (exact) mass is 598 g/mol. The fraction of sp³-hybridized carbons (Fsp3) is 0.280. The van der Waals surface area contributed by atoms with Crippen molar-refractivity contribution < 1.29 is 14.5 Å². The van der Waals surface area contributed by atoms with Gasteiger partial charge >= 0.3 is 0 Å². The van der Waals surface area contributed by atoms with Gasteiger partial charge in [0.05, 0.1) is 22.9 Å². The normalized spacial score (nSPS) is 10.9. The van der Waals surface area contributed by atoms with Gasteiger partial charge in [-0.3, -0.25) is 29.6 Å². The van der Waals surface area contributed by atoms with Gasteiger partial charge in [-0.25, -0.2) is 0 Å². The van der Waals surface area contributed by atoms with Crippen LogP contribution in [0, 0.1) is 30.9 Å². The van der Waals surface area contributed by atoms with Crippen molar-refractivity contribution in [3.8, 4) is 5.69 Å². The summed E-state index contributed by atoms with van der Waals surface area (Å²) in [5, 5.41) is 34.4. The molecule has 0 bridgehead atoms. The summed E-state index contributed by atoms with van der Waals surface area (Å²) < 4.78 is 2.59. The lowest BCUT2D eigenvalue weighted by molar-refractivity contribution is -0.385. The molecule has 0 radical (unpaired) electrons. The average Bonchev–Trinajstić information content (AvgIpc) is 3.54. The van der Waals surface area contributed by atoms with E-state index in [2.05, 4.69) is 31.0 Å². The maximum Gasteiger partial charge on any atom is 0.273 e. The van der Waals surface area contributed by atoms with Crippen LogP contribution in [0.2, 0.25) is 0 Å². The Morgan fingerprint density at radius 1 is 1.07 bits per heavy atom. The van der Waals surface area contributed by atoms with E-state index in [0.29, 0.717) is 16.1 Å². The van der Waals surface area contributed by atoms with Crippen LogP contribution in [0.25, 0.3) is 5.69 Å². The van der Waals surface area contributed by atoms with E-state index in [1.54, 1.807) is 11.8 Å². The first-order chi connectivity index (χ1) is 19.2. The van der Waals surface area contributed by atoms with Crippen LogP contribution in [0.15, 0.2) is 45.9 Å². The molecular weight excluding hydrogens is 573 g/mol. The summed E-state index contributed by atoms with van der Waals surface area (Å²) in [6, 6.07) is 10.3. The Morgan fingerprint density at radius 2 is 1.88 bits per heavy atom. The second-order valence-corrected chi connectivity index (χ2v) is 12.0. The van der Waals surface area contributed by atoms with E-state index in [4.69, 9.17) is 0 Å². The van der Waals surface area contributed by atoms with E-state index < -0.39 is 10.8 Å². The van der Waals surface area contributed by atoms with Gasteiger partial charge in [-0.15, -0.1) is 20.4 Å². The lowest BCUT2D eigenvalue weighted by atomic mass is 10.1. The summed E-state index contributed by atoms with van der Waals surface area (Å²) >= 11 is 4.07. The third-order valence-corrected chi connectivity index (χ3v) is 8.50. The smallest absolute Gasteiger partial charge is 0.273 e. The molecule has 2 heterocycles. The maximum absolute atomic E-state index is 13.0. The Labute approximate surface area is 242 Å². The quantitative estimate of drug-likeness (QED) is 0.107. The Bertz CT molecular complexity index is 1570. The fourth-order valence-electron chi connectivity index (χ4n) is 3.76. The molecule has 0 aliphatic heterocycles. The van der Waals surface area contributed by atoms with Crippen LogP contribution in [0.1, 0.15) is 39.8 Å². The first-order valence-corrected chi connectivity index (χ1v) is 14.9. The van der Waals surface area contributed by atoms with Crippen LogP contribution >= 0.6 is 34.9 Å². The van der Waals surface area contributed by atoms with E-state index in [-0.39, 0.29) is 35.0 Å². The summed E-state index contributed by atoms with van der Waals surface area (Å²) in [5.41, 5.74) is 3.14. The standard InChI is InChI=1S/C25H26N8O4S3/c1-5-38-25-31-29-23(40-25)27-21(34)13-39-24-30-28-20(32(24)19-11-14(2)9-10-15(19)3)12-26-22(35)17-7-6-8-18(16(17)4)33(36)37/h6-11H,5,12-13H2,1-4H3,(H,26,35)(H,27,29,34). The Kier molecular flexibility index (Phi) is 9.50. The van der Waals surface area contributed by atoms with Crippen LogP contribution in [0.3, 0.4) is 0 Å². The molecule has 0 atom stereocenters. The molecule has 0 fully saturated rings. The highest BCUT2D eigenvalue weighted by Crippen LogP contribution is 2.28. The summed E-state index contributed by atoms with van der Waals surface area (Å²) in [4.78, 5) is 36.4. The van der Waals surface area contributed by atoms with Crippen molar-refractivity contribution in [1.82, 2.24) is 30.3 Å². The topological polar surface area (TPSA) is 158 Å². The molecule has 2 amide bonds. The zero-order chi connectivity index (χ0) is 28.8. The number of nitrogens with one attached hydrogen (secondary N) is 2. The van der Waals surface area contributed by atoms with Crippen molar-refractivity contribution >= 4 is 57.5 Å². The van der Waals surface area contributed by atoms with Gasteiger partial charge in [0, 0.05) is 17.2 Å². The van der Waals surface area contributed by atoms with Crippen molar-refractivity contribution in [2.24, 2.45) is 0 Å². The number of rotatable bonds is 11. The van der Waals surface area contributed by atoms with Crippen molar-refractivity contribution in [2.75, 3.05) is 16.8 Å². The largest absolute Gasteiger partial charge is 0.345 e. The average molecular weight is 599 g/mol. The molecule has 40 heavy (non-hydrogen) atoms. The number of aryl methyl sites for hydroxylation is 2. The highest BCUT2D eigenvalue weighted by Gasteiger charge is 2.21. The number of benzene rings is 2. The van der Waals surface area contributed by atoms with Crippen molar-refractivity contribution in [3.63, 3.8) is 0 Å². The van der Waals surface area contributed by atoms with Crippen LogP contribution < -0.4 is 10.6 Å². The second kappa shape index (κ2) is 13.0. The molecule has 4 aromatic rings. The first kappa shape index (κ1) is 29.2. The minimum Gasteiger partial charge on any atom is -0.345 e. The molecule has 15 heteroatoms. The summed E-state index contributed by atoms with van der Waals surface area (Å²) in [6.45, 7) is 7.48. The van der Waals surface area contributed by atoms with Gasteiger partial charge in [0.15, 0.2) is 15.3 Å². The molecule has 12 nitrogen and oxygen atoms in total. The number of nitro groups is 1. The van der Waals surface area contributed by atoms with Crippen LogP contribution in [0.4, 0.5) is 10.8 Å². The van der Waals surface area contributed by atoms with E-state index in [0.717, 1.165) is 26.9 Å². The van der Waals surface area contributed by atoms with E-state index in [1.807, 2.05) is 43.5 Å². The third-order valence-electron chi connectivity index (χ3n) is 5.71. The molecule has 208 valence electrons. The molecule has 0 saturated carbocycles. The van der Waals surface area contributed by atoms with E-state index in [9.17, 15) is 19.7 Å². The Morgan fingerprint density at radius 3 is 2.62 bits per heavy atom. The van der Waals surface area contributed by atoms with Gasteiger partial charge < -0.3 is 5.32 Å². The van der Waals surface area contributed by atoms with Gasteiger partial charge in [0.25, 0.3) is 11.6 Å². The number of thioether (sulfide) groups is 2. The van der Waals surface area contributed by atoms with Crippen LogP contribution in [-0.2, 0) is 11.3 Å². The summed E-state index contributed by atoms with van der Waals surface area (Å²) in [7, 11) is 0. The fourth-order valence-corrected chi connectivity index (χ4v) is 6.19. The molecule has 0 aliphatic rings. The van der Waals surface area contributed by atoms with Crippen LogP contribution in [0.5, 0.6) is 0 Å². The molecule has 2 aromatic heterocycles. The number of nitro benzene ring substituents is 1. The highest BCUT2D eigenvalue weighted by atomic mass is 32.2. The number of anilines is 1. The molecule has 0 aliphatic carbocycles. The molecule has 4 rings (SSSR count). The van der Waals surface area contributed by atoms with Gasteiger partial charge in [0.2, 0.25) is 11.0 Å². The zero-order valence-electron chi connectivity index (χ0n) is 22.1. The molecule has 0 saturated heterocycles. The first-order valence-electron chi connectivity index (χ1n) is 12.1. The number of carbonyl (C=O) groups excluding carboxylic acids is 2. The predicted molar refractivity (Wildman–Crippen MR) is 155 cm³/mol. The van der Waals surface area contributed by atoms with E-state index in [1.165, 1.54) is 48.2 Å². The van der Waals surface area contributed by atoms with Gasteiger partial charge in [0.1, 0.15) is 0 Å². The van der Waals surface area contributed by atoms with Gasteiger partial charge in [-0.1, -0.05) is 60.0 Å². The number of hydrogen-bond acceptors (Lipinski definition) is 11. The Balaban J connectivity index is 1.54. The number of carbonyl (C=O) groups is 2. The summed E-state index contributed by atoms with van der Waals surface area (Å²) in [5.74, 6) is 0.625. The second-order valence-electron chi connectivity index (χ2n) is 8.56. The minimum atomic E-state index is -0.517. The maximum atomic E-state index is 13.0. The molecule has 0 spiro atoms. The molecule has 2 N–H and O–H groups in total. The number of amides is 2. The lowest BCUT2D eigenvalue weighted by Crippen LogP contribution is -2.25. The van der Waals surface area contributed by atoms with Gasteiger partial charge in [-0.05, 0) is 49.8 Å². The SMILES string of the molecule is CCSc1nnc(NC(=O)CSc2nnc(CNC(=O)c3cccc([N+](=O)[O-])c3C)n2-c2cc(C)ccc2C)s1. The summed E-state index contributed by atoms with van der Waals surface area (Å²) in [6.07, 6.45) is 0. The van der Waals surface area contributed by atoms with E-state index >= 15 is 0 Å². The highest BCUT2D eigenvalue weighted by molar-refractivity contribution is 8.01. The number of aromatic nitrogens is 5. The molecule has 0 unspecified atom stereocenters. The number of hydrogen-bond donors (Lipinski definition) is 2. The number of nitrogens with zero attached hydrogens (tertiary/aromatic N) is 6. The van der Waals surface area contributed by atoms with Crippen molar-refractivity contribution in [2.45, 2.75) is 43.7 Å². The van der Waals surface area contributed by atoms with Crippen molar-refractivity contribution in [3.05, 3.63) is 74.6 Å². The van der Waals surface area contributed by atoms with Crippen LogP contribution in [-0.4, -0.2) is 53.2 Å². The third kappa shape index (κ3) is 6.84. The predicted octanol–water partition coefficient (Wildman–Crippen LogP) is 4.73.